The number of pyridine rings is 1. The van der Waals surface area contributed by atoms with E-state index in [1.807, 2.05) is 23.2 Å². The second-order valence-corrected chi connectivity index (χ2v) is 6.66. The van der Waals surface area contributed by atoms with E-state index in [-0.39, 0.29) is 12.1 Å². The van der Waals surface area contributed by atoms with Crippen LogP contribution in [0.1, 0.15) is 50.5 Å². The van der Waals surface area contributed by atoms with Gasteiger partial charge in [0.2, 0.25) is 0 Å². The van der Waals surface area contributed by atoms with Crippen LogP contribution in [0.5, 0.6) is 0 Å². The van der Waals surface area contributed by atoms with Gasteiger partial charge in [-0.15, -0.1) is 0 Å². The first-order valence-corrected chi connectivity index (χ1v) is 8.87. The van der Waals surface area contributed by atoms with Gasteiger partial charge in [0, 0.05) is 38.1 Å². The number of nitrogens with zero attached hydrogens (tertiary/aromatic N) is 2. The van der Waals surface area contributed by atoms with Crippen molar-refractivity contribution in [2.75, 3.05) is 13.2 Å². The quantitative estimate of drug-likeness (QED) is 0.908. The minimum atomic E-state index is 0.0382. The fourth-order valence-corrected chi connectivity index (χ4v) is 3.48. The van der Waals surface area contributed by atoms with E-state index in [4.69, 9.17) is 4.74 Å². The Morgan fingerprint density at radius 1 is 1.26 bits per heavy atom. The van der Waals surface area contributed by atoms with Crippen LogP contribution < -0.4 is 5.32 Å². The molecule has 0 radical (unpaired) electrons. The van der Waals surface area contributed by atoms with E-state index in [9.17, 15) is 4.79 Å². The summed E-state index contributed by atoms with van der Waals surface area (Å²) in [7, 11) is 0. The van der Waals surface area contributed by atoms with Crippen molar-refractivity contribution in [3.63, 3.8) is 0 Å². The van der Waals surface area contributed by atoms with Crippen LogP contribution in [0.2, 0.25) is 0 Å². The number of rotatable bonds is 5. The van der Waals surface area contributed by atoms with Gasteiger partial charge in [0.1, 0.15) is 0 Å². The highest BCUT2D eigenvalue weighted by Gasteiger charge is 2.25. The minimum absolute atomic E-state index is 0.0382. The number of nitrogens with one attached hydrogen (secondary N) is 1. The molecule has 1 aromatic heterocycles. The van der Waals surface area contributed by atoms with Gasteiger partial charge in [-0.3, -0.25) is 4.98 Å². The normalized spacial score (nSPS) is 22.0. The summed E-state index contributed by atoms with van der Waals surface area (Å²) in [5, 5.41) is 3.22. The lowest BCUT2D eigenvalue weighted by Gasteiger charge is -2.29. The van der Waals surface area contributed by atoms with E-state index >= 15 is 0 Å². The maximum absolute atomic E-state index is 12.7. The average Bonchev–Trinajstić information content (AvgIpc) is 3.09. The summed E-state index contributed by atoms with van der Waals surface area (Å²) in [5.41, 5.74) is 1.06. The molecule has 1 atom stereocenters. The zero-order chi connectivity index (χ0) is 15.9. The Morgan fingerprint density at radius 3 is 2.83 bits per heavy atom. The summed E-state index contributed by atoms with van der Waals surface area (Å²) >= 11 is 0. The fraction of sp³-hybridized carbons (Fsp3) is 0.667. The summed E-state index contributed by atoms with van der Waals surface area (Å²) < 4.78 is 5.72. The molecule has 0 aromatic carbocycles. The molecule has 0 unspecified atom stereocenters. The molecule has 1 aromatic rings. The van der Waals surface area contributed by atoms with Crippen LogP contribution in [0.25, 0.3) is 0 Å². The van der Waals surface area contributed by atoms with Crippen LogP contribution in [-0.4, -0.2) is 41.2 Å². The van der Waals surface area contributed by atoms with E-state index in [1.165, 1.54) is 19.3 Å². The van der Waals surface area contributed by atoms with Crippen LogP contribution in [-0.2, 0) is 11.3 Å². The van der Waals surface area contributed by atoms with E-state index in [0.717, 1.165) is 37.9 Å². The van der Waals surface area contributed by atoms with E-state index in [2.05, 4.69) is 10.3 Å². The van der Waals surface area contributed by atoms with E-state index in [1.54, 1.807) is 6.20 Å². The molecule has 2 amide bonds. The number of hydrogen-bond acceptors (Lipinski definition) is 3. The molecule has 1 N–H and O–H groups in total. The number of carbonyl (C=O) groups excluding carboxylic acids is 1. The average molecular weight is 317 g/mol. The molecule has 3 rings (SSSR count). The Hall–Kier alpha value is -1.62. The standard InChI is InChI=1S/C18H27N3O2/c22-18(20-16-7-2-1-3-8-16)21(14-17-9-5-11-23-17)13-15-6-4-10-19-12-15/h4,6,10,12,16-17H,1-3,5,7-9,11,13-14H2,(H,20,22)/t17-/m1/s1. The van der Waals surface area contributed by atoms with Crippen molar-refractivity contribution in [2.24, 2.45) is 0 Å². The number of ether oxygens (including phenoxy) is 1. The molecule has 5 heteroatoms. The van der Waals surface area contributed by atoms with Crippen molar-refractivity contribution >= 4 is 6.03 Å². The lowest BCUT2D eigenvalue weighted by atomic mass is 9.96. The molecule has 1 aliphatic carbocycles. The molecule has 23 heavy (non-hydrogen) atoms. The highest BCUT2D eigenvalue weighted by Crippen LogP contribution is 2.19. The Kier molecular flexibility index (Phi) is 5.86. The van der Waals surface area contributed by atoms with Gasteiger partial charge in [0.15, 0.2) is 0 Å². The Balaban J connectivity index is 1.61. The van der Waals surface area contributed by atoms with Crippen molar-refractivity contribution in [1.29, 1.82) is 0 Å². The lowest BCUT2D eigenvalue weighted by molar-refractivity contribution is 0.0785. The summed E-state index contributed by atoms with van der Waals surface area (Å²) in [6.07, 6.45) is 11.8. The summed E-state index contributed by atoms with van der Waals surface area (Å²) in [4.78, 5) is 18.8. The van der Waals surface area contributed by atoms with Crippen LogP contribution in [0.15, 0.2) is 24.5 Å². The van der Waals surface area contributed by atoms with Crippen LogP contribution in [0, 0.1) is 0 Å². The summed E-state index contributed by atoms with van der Waals surface area (Å²) in [6, 6.07) is 4.30. The molecular weight excluding hydrogens is 290 g/mol. The lowest BCUT2D eigenvalue weighted by Crippen LogP contribution is -2.47. The molecule has 1 aliphatic heterocycles. The minimum Gasteiger partial charge on any atom is -0.376 e. The Bertz CT molecular complexity index is 482. The maximum atomic E-state index is 12.7. The first kappa shape index (κ1) is 16.2. The van der Waals surface area contributed by atoms with Crippen molar-refractivity contribution in [1.82, 2.24) is 15.2 Å². The van der Waals surface area contributed by atoms with Gasteiger partial charge in [-0.1, -0.05) is 25.3 Å². The monoisotopic (exact) mass is 317 g/mol. The molecule has 5 nitrogen and oxygen atoms in total. The molecular formula is C18H27N3O2. The number of amides is 2. The SMILES string of the molecule is O=C(NC1CCCCC1)N(Cc1cccnc1)C[C@H]1CCCO1. The highest BCUT2D eigenvalue weighted by atomic mass is 16.5. The third-order valence-electron chi connectivity index (χ3n) is 4.76. The van der Waals surface area contributed by atoms with Crippen LogP contribution >= 0.6 is 0 Å². The molecule has 1 saturated carbocycles. The number of urea groups is 1. The van der Waals surface area contributed by atoms with Crippen LogP contribution in [0.3, 0.4) is 0 Å². The highest BCUT2D eigenvalue weighted by molar-refractivity contribution is 5.74. The van der Waals surface area contributed by atoms with Gasteiger partial charge >= 0.3 is 6.03 Å². The van der Waals surface area contributed by atoms with E-state index in [0.29, 0.717) is 19.1 Å². The van der Waals surface area contributed by atoms with Gasteiger partial charge < -0.3 is 15.0 Å². The molecule has 0 spiro atoms. The fourth-order valence-electron chi connectivity index (χ4n) is 3.48. The van der Waals surface area contributed by atoms with Gasteiger partial charge in [0.05, 0.1) is 6.10 Å². The number of carbonyl (C=O) groups is 1. The van der Waals surface area contributed by atoms with Gasteiger partial charge in [0.25, 0.3) is 0 Å². The van der Waals surface area contributed by atoms with Gasteiger partial charge in [-0.05, 0) is 37.3 Å². The Labute approximate surface area is 138 Å². The third-order valence-corrected chi connectivity index (χ3v) is 4.76. The predicted octanol–water partition coefficient (Wildman–Crippen LogP) is 3.10. The number of aromatic nitrogens is 1. The third kappa shape index (κ3) is 4.93. The number of hydrogen-bond donors (Lipinski definition) is 1. The molecule has 0 bridgehead atoms. The van der Waals surface area contributed by atoms with Crippen molar-refractivity contribution < 1.29 is 9.53 Å². The molecule has 126 valence electrons. The molecule has 2 aliphatic rings. The Morgan fingerprint density at radius 2 is 2.13 bits per heavy atom. The maximum Gasteiger partial charge on any atom is 0.318 e. The second kappa shape index (κ2) is 8.29. The van der Waals surface area contributed by atoms with Gasteiger partial charge in [-0.2, -0.15) is 0 Å². The predicted molar refractivity (Wildman–Crippen MR) is 89.0 cm³/mol. The summed E-state index contributed by atoms with van der Waals surface area (Å²) in [5.74, 6) is 0. The zero-order valence-corrected chi connectivity index (χ0v) is 13.7. The zero-order valence-electron chi connectivity index (χ0n) is 13.7. The first-order chi connectivity index (χ1) is 11.3. The largest absolute Gasteiger partial charge is 0.376 e. The van der Waals surface area contributed by atoms with Crippen molar-refractivity contribution in [3.05, 3.63) is 30.1 Å². The van der Waals surface area contributed by atoms with Crippen LogP contribution in [0.4, 0.5) is 4.79 Å². The van der Waals surface area contributed by atoms with Crippen molar-refractivity contribution in [3.8, 4) is 0 Å². The topological polar surface area (TPSA) is 54.5 Å². The second-order valence-electron chi connectivity index (χ2n) is 6.66. The summed E-state index contributed by atoms with van der Waals surface area (Å²) in [6.45, 7) is 2.06. The molecule has 2 heterocycles. The molecule has 2 fully saturated rings. The first-order valence-electron chi connectivity index (χ1n) is 8.87. The van der Waals surface area contributed by atoms with Crippen molar-refractivity contribution in [2.45, 2.75) is 63.6 Å². The van der Waals surface area contributed by atoms with E-state index < -0.39 is 0 Å². The van der Waals surface area contributed by atoms with Gasteiger partial charge in [-0.25, -0.2) is 4.79 Å². The molecule has 1 saturated heterocycles. The smallest absolute Gasteiger partial charge is 0.318 e.